The first-order valence-corrected chi connectivity index (χ1v) is 6.93. The molecule has 1 aromatic rings. The predicted octanol–water partition coefficient (Wildman–Crippen LogP) is 1.47. The molecule has 4 atom stereocenters. The standard InChI is InChI=1S/C14H22N4/c15-14-8-10(3-4-17-14)7-13(18-16)12-6-9-1-2-11(12)5-9/h3-4,8-9,11-13,18H,1-2,5-7,16H2,(H2,15,17). The van der Waals surface area contributed by atoms with E-state index in [0.29, 0.717) is 11.9 Å². The Balaban J connectivity index is 1.69. The summed E-state index contributed by atoms with van der Waals surface area (Å²) in [7, 11) is 0. The highest BCUT2D eigenvalue weighted by molar-refractivity contribution is 5.32. The molecule has 4 heteroatoms. The summed E-state index contributed by atoms with van der Waals surface area (Å²) in [5, 5.41) is 0. The number of rotatable bonds is 4. The van der Waals surface area contributed by atoms with Crippen molar-refractivity contribution in [3.63, 3.8) is 0 Å². The number of hydrogen-bond donors (Lipinski definition) is 3. The van der Waals surface area contributed by atoms with Crippen molar-refractivity contribution in [2.24, 2.45) is 23.6 Å². The Labute approximate surface area is 108 Å². The molecule has 3 rings (SSSR count). The smallest absolute Gasteiger partial charge is 0.123 e. The van der Waals surface area contributed by atoms with Gasteiger partial charge in [0, 0.05) is 12.2 Å². The van der Waals surface area contributed by atoms with Crippen molar-refractivity contribution in [2.75, 3.05) is 5.73 Å². The van der Waals surface area contributed by atoms with E-state index in [4.69, 9.17) is 11.6 Å². The lowest BCUT2D eigenvalue weighted by Crippen LogP contribution is -2.44. The molecule has 2 aliphatic rings. The Kier molecular flexibility index (Phi) is 3.22. The van der Waals surface area contributed by atoms with E-state index >= 15 is 0 Å². The molecule has 4 nitrogen and oxygen atoms in total. The molecular formula is C14H22N4. The fraction of sp³-hybridized carbons (Fsp3) is 0.643. The van der Waals surface area contributed by atoms with Gasteiger partial charge in [-0.05, 0) is 61.1 Å². The highest BCUT2D eigenvalue weighted by atomic mass is 15.2. The molecule has 0 aromatic carbocycles. The van der Waals surface area contributed by atoms with Gasteiger partial charge in [0.05, 0.1) is 0 Å². The summed E-state index contributed by atoms with van der Waals surface area (Å²) in [6.45, 7) is 0. The van der Waals surface area contributed by atoms with Gasteiger partial charge in [0.2, 0.25) is 0 Å². The van der Waals surface area contributed by atoms with Crippen molar-refractivity contribution in [2.45, 2.75) is 38.1 Å². The van der Waals surface area contributed by atoms with Crippen LogP contribution in [-0.4, -0.2) is 11.0 Å². The molecule has 0 aliphatic heterocycles. The maximum absolute atomic E-state index is 5.77. The zero-order valence-electron chi connectivity index (χ0n) is 10.7. The molecule has 5 N–H and O–H groups in total. The van der Waals surface area contributed by atoms with Crippen LogP contribution in [0.2, 0.25) is 0 Å². The normalized spacial score (nSPS) is 31.7. The first-order valence-electron chi connectivity index (χ1n) is 6.93. The average molecular weight is 246 g/mol. The Bertz CT molecular complexity index is 420. The number of fused-ring (bicyclic) bond motifs is 2. The van der Waals surface area contributed by atoms with E-state index in [1.165, 1.54) is 31.2 Å². The van der Waals surface area contributed by atoms with Gasteiger partial charge in [-0.15, -0.1) is 0 Å². The first-order chi connectivity index (χ1) is 8.76. The molecule has 2 aliphatic carbocycles. The van der Waals surface area contributed by atoms with Crippen LogP contribution in [-0.2, 0) is 6.42 Å². The number of anilines is 1. The van der Waals surface area contributed by atoms with Gasteiger partial charge in [0.15, 0.2) is 0 Å². The van der Waals surface area contributed by atoms with Crippen LogP contribution in [0.3, 0.4) is 0 Å². The van der Waals surface area contributed by atoms with Crippen LogP contribution >= 0.6 is 0 Å². The highest BCUT2D eigenvalue weighted by Gasteiger charge is 2.42. The van der Waals surface area contributed by atoms with Gasteiger partial charge in [-0.25, -0.2) is 4.98 Å². The van der Waals surface area contributed by atoms with Crippen LogP contribution in [0.4, 0.5) is 5.82 Å². The maximum Gasteiger partial charge on any atom is 0.123 e. The van der Waals surface area contributed by atoms with Crippen molar-refractivity contribution in [3.05, 3.63) is 23.9 Å². The van der Waals surface area contributed by atoms with Crippen molar-refractivity contribution in [1.29, 1.82) is 0 Å². The second-order valence-corrected chi connectivity index (χ2v) is 5.90. The molecule has 1 aromatic heterocycles. The minimum atomic E-state index is 0.377. The molecular weight excluding hydrogens is 224 g/mol. The summed E-state index contributed by atoms with van der Waals surface area (Å²) in [5.74, 6) is 8.95. The first kappa shape index (κ1) is 11.9. The molecule has 18 heavy (non-hydrogen) atoms. The molecule has 2 saturated carbocycles. The van der Waals surface area contributed by atoms with E-state index in [-0.39, 0.29) is 0 Å². The lowest BCUT2D eigenvalue weighted by molar-refractivity contribution is 0.248. The highest BCUT2D eigenvalue weighted by Crippen LogP contribution is 2.49. The monoisotopic (exact) mass is 246 g/mol. The number of nitrogens with zero attached hydrogens (tertiary/aromatic N) is 1. The van der Waals surface area contributed by atoms with Gasteiger partial charge in [-0.3, -0.25) is 11.3 Å². The quantitative estimate of drug-likeness (QED) is 0.555. The minimum Gasteiger partial charge on any atom is -0.384 e. The summed E-state index contributed by atoms with van der Waals surface area (Å²) < 4.78 is 0. The Morgan fingerprint density at radius 2 is 2.28 bits per heavy atom. The number of nitrogen functional groups attached to an aromatic ring is 1. The number of hydrogen-bond acceptors (Lipinski definition) is 4. The third-order valence-corrected chi connectivity index (χ3v) is 4.82. The van der Waals surface area contributed by atoms with Gasteiger partial charge in [-0.2, -0.15) is 0 Å². The van der Waals surface area contributed by atoms with Crippen molar-refractivity contribution < 1.29 is 0 Å². The Hall–Kier alpha value is -1.13. The summed E-state index contributed by atoms with van der Waals surface area (Å²) in [5.41, 5.74) is 9.99. The van der Waals surface area contributed by atoms with E-state index in [2.05, 4.69) is 10.4 Å². The van der Waals surface area contributed by atoms with E-state index in [0.717, 1.165) is 24.2 Å². The number of hydrazine groups is 1. The van der Waals surface area contributed by atoms with Crippen LogP contribution in [0.5, 0.6) is 0 Å². The van der Waals surface area contributed by atoms with Gasteiger partial charge in [-0.1, -0.05) is 6.42 Å². The molecule has 98 valence electrons. The summed E-state index contributed by atoms with van der Waals surface area (Å²) in [6, 6.07) is 4.37. The van der Waals surface area contributed by atoms with Crippen molar-refractivity contribution in [1.82, 2.24) is 10.4 Å². The van der Waals surface area contributed by atoms with E-state index in [1.807, 2.05) is 12.1 Å². The SMILES string of the molecule is NNC(Cc1ccnc(N)c1)C1CC2CCC1C2. The molecule has 1 heterocycles. The second-order valence-electron chi connectivity index (χ2n) is 5.90. The number of aromatic nitrogens is 1. The number of nitrogens with two attached hydrogens (primary N) is 2. The fourth-order valence-corrected chi connectivity index (χ4v) is 4.00. The lowest BCUT2D eigenvalue weighted by atomic mass is 9.81. The van der Waals surface area contributed by atoms with Gasteiger partial charge in [0.1, 0.15) is 5.82 Å². The van der Waals surface area contributed by atoms with E-state index in [9.17, 15) is 0 Å². The van der Waals surface area contributed by atoms with Crippen LogP contribution in [0.25, 0.3) is 0 Å². The second kappa shape index (κ2) is 4.86. The Morgan fingerprint density at radius 3 is 2.89 bits per heavy atom. The zero-order chi connectivity index (χ0) is 12.5. The topological polar surface area (TPSA) is 77.0 Å². The van der Waals surface area contributed by atoms with Crippen LogP contribution in [0, 0.1) is 17.8 Å². The summed E-state index contributed by atoms with van der Waals surface area (Å²) >= 11 is 0. The van der Waals surface area contributed by atoms with Gasteiger partial charge in [0.25, 0.3) is 0 Å². The average Bonchev–Trinajstić information content (AvgIpc) is 2.98. The van der Waals surface area contributed by atoms with Gasteiger partial charge >= 0.3 is 0 Å². The Morgan fingerprint density at radius 1 is 1.39 bits per heavy atom. The molecule has 0 spiro atoms. The number of pyridine rings is 1. The maximum atomic E-state index is 5.77. The summed E-state index contributed by atoms with van der Waals surface area (Å²) in [6.07, 6.45) is 8.32. The van der Waals surface area contributed by atoms with Gasteiger partial charge < -0.3 is 5.73 Å². The zero-order valence-corrected chi connectivity index (χ0v) is 10.7. The van der Waals surface area contributed by atoms with Crippen LogP contribution < -0.4 is 17.0 Å². The molecule has 0 radical (unpaired) electrons. The molecule has 2 fully saturated rings. The lowest BCUT2D eigenvalue weighted by Gasteiger charge is -2.30. The molecule has 2 bridgehead atoms. The van der Waals surface area contributed by atoms with Crippen LogP contribution in [0.1, 0.15) is 31.2 Å². The molecule has 4 unspecified atom stereocenters. The third kappa shape index (κ3) is 2.22. The molecule has 0 saturated heterocycles. The van der Waals surface area contributed by atoms with E-state index in [1.54, 1.807) is 6.20 Å². The minimum absolute atomic E-state index is 0.377. The third-order valence-electron chi connectivity index (χ3n) is 4.82. The van der Waals surface area contributed by atoms with Crippen molar-refractivity contribution in [3.8, 4) is 0 Å². The fourth-order valence-electron chi connectivity index (χ4n) is 4.00. The number of nitrogens with one attached hydrogen (secondary N) is 1. The van der Waals surface area contributed by atoms with Crippen molar-refractivity contribution >= 4 is 5.82 Å². The van der Waals surface area contributed by atoms with E-state index < -0.39 is 0 Å². The summed E-state index contributed by atoms with van der Waals surface area (Å²) in [4.78, 5) is 4.03. The molecule has 0 amide bonds. The largest absolute Gasteiger partial charge is 0.384 e. The van der Waals surface area contributed by atoms with Crippen LogP contribution in [0.15, 0.2) is 18.3 Å². The predicted molar refractivity (Wildman–Crippen MR) is 72.4 cm³/mol.